The van der Waals surface area contributed by atoms with Gasteiger partial charge in [0.2, 0.25) is 11.8 Å². The molecule has 3 N–H and O–H groups in total. The molecule has 0 unspecified atom stereocenters. The van der Waals surface area contributed by atoms with Gasteiger partial charge in [0.05, 0.1) is 11.8 Å². The van der Waals surface area contributed by atoms with Gasteiger partial charge in [0, 0.05) is 19.0 Å². The molecule has 6 nitrogen and oxygen atoms in total. The smallest absolute Gasteiger partial charge is 0.307 e. The molecule has 0 bridgehead atoms. The van der Waals surface area contributed by atoms with Crippen molar-refractivity contribution in [3.8, 4) is 0 Å². The number of nitrogens with two attached hydrogens (primary N) is 1. The maximum atomic E-state index is 12.3. The van der Waals surface area contributed by atoms with E-state index < -0.39 is 23.2 Å². The molecule has 0 spiro atoms. The number of carboxylic acids is 1. The number of nitrogens with zero attached hydrogens (tertiary/aromatic N) is 1. The van der Waals surface area contributed by atoms with Gasteiger partial charge in [0.1, 0.15) is 0 Å². The van der Waals surface area contributed by atoms with Crippen LogP contribution in [0, 0.1) is 23.2 Å². The molecule has 0 aromatic heterocycles. The summed E-state index contributed by atoms with van der Waals surface area (Å²) in [6.45, 7) is 4.60. The van der Waals surface area contributed by atoms with Crippen molar-refractivity contribution in [1.82, 2.24) is 4.90 Å². The largest absolute Gasteiger partial charge is 0.481 e. The minimum absolute atomic E-state index is 0.0969. The predicted octanol–water partition coefficient (Wildman–Crippen LogP) is 0.0671. The van der Waals surface area contributed by atoms with E-state index in [4.69, 9.17) is 10.8 Å². The van der Waals surface area contributed by atoms with Gasteiger partial charge >= 0.3 is 5.97 Å². The molecule has 1 aliphatic carbocycles. The van der Waals surface area contributed by atoms with Crippen molar-refractivity contribution in [2.24, 2.45) is 28.9 Å². The van der Waals surface area contributed by atoms with E-state index in [1.807, 2.05) is 13.8 Å². The fourth-order valence-corrected chi connectivity index (χ4v) is 3.14. The molecular formula is C13H20N2O4. The average molecular weight is 268 g/mol. The molecule has 19 heavy (non-hydrogen) atoms. The molecule has 1 saturated heterocycles. The van der Waals surface area contributed by atoms with Crippen molar-refractivity contribution in [3.63, 3.8) is 0 Å². The van der Waals surface area contributed by atoms with Crippen molar-refractivity contribution in [1.29, 1.82) is 0 Å². The fraction of sp³-hybridized carbons (Fsp3) is 0.769. The van der Waals surface area contributed by atoms with E-state index in [2.05, 4.69) is 0 Å². The zero-order chi connectivity index (χ0) is 14.4. The molecular weight excluding hydrogens is 248 g/mol. The summed E-state index contributed by atoms with van der Waals surface area (Å²) in [7, 11) is 0. The summed E-state index contributed by atoms with van der Waals surface area (Å²) in [5, 5.41) is 9.09. The highest BCUT2D eigenvalue weighted by Gasteiger charge is 2.66. The van der Waals surface area contributed by atoms with E-state index in [9.17, 15) is 14.4 Å². The quantitative estimate of drug-likeness (QED) is 0.756. The second-order valence-corrected chi connectivity index (χ2v) is 6.12. The topological polar surface area (TPSA) is 101 Å². The molecule has 2 atom stereocenters. The van der Waals surface area contributed by atoms with E-state index >= 15 is 0 Å². The minimum Gasteiger partial charge on any atom is -0.481 e. The Labute approximate surface area is 111 Å². The van der Waals surface area contributed by atoms with Crippen LogP contribution in [0.1, 0.15) is 26.7 Å². The van der Waals surface area contributed by atoms with Crippen LogP contribution in [-0.2, 0) is 14.4 Å². The van der Waals surface area contributed by atoms with Crippen molar-refractivity contribution in [2.45, 2.75) is 26.7 Å². The molecule has 2 fully saturated rings. The van der Waals surface area contributed by atoms with Crippen molar-refractivity contribution < 1.29 is 19.5 Å². The molecule has 2 rings (SSSR count). The van der Waals surface area contributed by atoms with Gasteiger partial charge < -0.3 is 15.7 Å². The highest BCUT2D eigenvalue weighted by Crippen LogP contribution is 2.59. The predicted molar refractivity (Wildman–Crippen MR) is 66.9 cm³/mol. The lowest BCUT2D eigenvalue weighted by atomic mass is 9.95. The highest BCUT2D eigenvalue weighted by molar-refractivity contribution is 5.91. The zero-order valence-corrected chi connectivity index (χ0v) is 11.3. The highest BCUT2D eigenvalue weighted by atomic mass is 16.4. The molecule has 1 aliphatic heterocycles. The van der Waals surface area contributed by atoms with Crippen LogP contribution in [-0.4, -0.2) is 40.9 Å². The van der Waals surface area contributed by atoms with E-state index in [1.54, 1.807) is 4.90 Å². The van der Waals surface area contributed by atoms with Gasteiger partial charge in [-0.25, -0.2) is 0 Å². The third-order valence-electron chi connectivity index (χ3n) is 4.57. The van der Waals surface area contributed by atoms with Gasteiger partial charge in [-0.2, -0.15) is 0 Å². The molecule has 2 aliphatic rings. The lowest BCUT2D eigenvalue weighted by Gasteiger charge is -2.31. The van der Waals surface area contributed by atoms with Gasteiger partial charge in [-0.1, -0.05) is 13.8 Å². The Bertz CT molecular complexity index is 424. The Balaban J connectivity index is 1.96. The maximum absolute atomic E-state index is 12.3. The maximum Gasteiger partial charge on any atom is 0.307 e. The first kappa shape index (κ1) is 13.8. The van der Waals surface area contributed by atoms with Gasteiger partial charge in [-0.15, -0.1) is 0 Å². The van der Waals surface area contributed by atoms with E-state index in [-0.39, 0.29) is 17.7 Å². The lowest BCUT2D eigenvalue weighted by Crippen LogP contribution is -2.43. The van der Waals surface area contributed by atoms with Crippen LogP contribution in [0.15, 0.2) is 0 Å². The third-order valence-corrected chi connectivity index (χ3v) is 4.57. The van der Waals surface area contributed by atoms with Gasteiger partial charge in [-0.05, 0) is 18.3 Å². The van der Waals surface area contributed by atoms with Crippen LogP contribution in [0.5, 0.6) is 0 Å². The van der Waals surface area contributed by atoms with Crippen molar-refractivity contribution in [2.75, 3.05) is 13.1 Å². The van der Waals surface area contributed by atoms with Crippen molar-refractivity contribution >= 4 is 17.8 Å². The Morgan fingerprint density at radius 2 is 1.68 bits per heavy atom. The number of aliphatic carboxylic acids is 1. The standard InChI is InChI=1S/C13H20N2O4/c1-13(2)8(9(13)12(18)19)11(17)15-5-3-7(4-6-15)10(14)16/h7-9H,3-6H2,1-2H3,(H2,14,16)(H,18,19)/t8-,9-/m0/s1. The van der Waals surface area contributed by atoms with Crippen LogP contribution in [0.25, 0.3) is 0 Å². The minimum atomic E-state index is -0.907. The number of hydrogen-bond acceptors (Lipinski definition) is 3. The Kier molecular flexibility index (Phi) is 3.28. The van der Waals surface area contributed by atoms with Crippen LogP contribution >= 0.6 is 0 Å². The molecule has 0 aromatic carbocycles. The molecule has 6 heteroatoms. The Morgan fingerprint density at radius 1 is 1.16 bits per heavy atom. The number of amides is 2. The SMILES string of the molecule is CC1(C)[C@H](C(=O)O)[C@H]1C(=O)N1CCC(C(N)=O)CC1. The van der Waals surface area contributed by atoms with Gasteiger partial charge in [0.15, 0.2) is 0 Å². The first-order chi connectivity index (χ1) is 8.76. The van der Waals surface area contributed by atoms with Crippen molar-refractivity contribution in [3.05, 3.63) is 0 Å². The number of carbonyl (C=O) groups is 3. The van der Waals surface area contributed by atoms with Crippen LogP contribution in [0.2, 0.25) is 0 Å². The summed E-state index contributed by atoms with van der Waals surface area (Å²) in [5.74, 6) is -2.51. The molecule has 0 aromatic rings. The molecule has 1 saturated carbocycles. The summed E-state index contributed by atoms with van der Waals surface area (Å²) < 4.78 is 0. The molecule has 2 amide bonds. The summed E-state index contributed by atoms with van der Waals surface area (Å²) in [6, 6.07) is 0. The number of likely N-dealkylation sites (tertiary alicyclic amines) is 1. The molecule has 1 heterocycles. The number of hydrogen-bond donors (Lipinski definition) is 2. The van der Waals surface area contributed by atoms with E-state index in [0.29, 0.717) is 25.9 Å². The summed E-state index contributed by atoms with van der Waals surface area (Å²) in [6.07, 6.45) is 1.15. The van der Waals surface area contributed by atoms with E-state index in [1.165, 1.54) is 0 Å². The first-order valence-electron chi connectivity index (χ1n) is 6.57. The molecule has 0 radical (unpaired) electrons. The summed E-state index contributed by atoms with van der Waals surface area (Å²) in [5.41, 5.74) is 4.78. The van der Waals surface area contributed by atoms with Crippen LogP contribution in [0.4, 0.5) is 0 Å². The first-order valence-corrected chi connectivity index (χ1v) is 6.57. The number of rotatable bonds is 3. The third kappa shape index (κ3) is 2.31. The number of piperidine rings is 1. The number of carboxylic acid groups (broad SMARTS) is 1. The second-order valence-electron chi connectivity index (χ2n) is 6.12. The van der Waals surface area contributed by atoms with Crippen LogP contribution in [0.3, 0.4) is 0 Å². The number of carbonyl (C=O) groups excluding carboxylic acids is 2. The normalized spacial score (nSPS) is 29.9. The second kappa shape index (κ2) is 4.51. The Hall–Kier alpha value is -1.59. The Morgan fingerprint density at radius 3 is 2.05 bits per heavy atom. The number of primary amides is 1. The molecule has 106 valence electrons. The lowest BCUT2D eigenvalue weighted by molar-refractivity contribution is -0.142. The van der Waals surface area contributed by atoms with Gasteiger partial charge in [-0.3, -0.25) is 14.4 Å². The fourth-order valence-electron chi connectivity index (χ4n) is 3.14. The summed E-state index contributed by atoms with van der Waals surface area (Å²) in [4.78, 5) is 36.1. The van der Waals surface area contributed by atoms with Crippen LogP contribution < -0.4 is 5.73 Å². The average Bonchev–Trinajstić information content (AvgIpc) is 2.91. The van der Waals surface area contributed by atoms with E-state index in [0.717, 1.165) is 0 Å². The zero-order valence-electron chi connectivity index (χ0n) is 11.3. The summed E-state index contributed by atoms with van der Waals surface area (Å²) >= 11 is 0. The monoisotopic (exact) mass is 268 g/mol. The van der Waals surface area contributed by atoms with Gasteiger partial charge in [0.25, 0.3) is 0 Å².